The second-order valence-electron chi connectivity index (χ2n) is 5.99. The largest absolute Gasteiger partial charge is 0.481 e. The second kappa shape index (κ2) is 8.39. The Hall–Kier alpha value is -2.49. The zero-order valence-electron chi connectivity index (χ0n) is 14.8. The molecule has 0 bridgehead atoms. The molecule has 0 saturated heterocycles. The maximum absolute atomic E-state index is 12.3. The van der Waals surface area contributed by atoms with Crippen LogP contribution in [-0.4, -0.2) is 24.6 Å². The van der Waals surface area contributed by atoms with Crippen LogP contribution in [0.2, 0.25) is 0 Å². The molecule has 0 aromatic heterocycles. The van der Waals surface area contributed by atoms with Crippen molar-refractivity contribution in [1.29, 1.82) is 0 Å². The van der Waals surface area contributed by atoms with Crippen LogP contribution in [0.4, 0.5) is 11.4 Å². The van der Waals surface area contributed by atoms with Gasteiger partial charge in [-0.05, 0) is 64.1 Å². The minimum Gasteiger partial charge on any atom is -0.481 e. The van der Waals surface area contributed by atoms with Gasteiger partial charge in [0.15, 0.2) is 6.10 Å². The molecule has 0 heterocycles. The predicted octanol–water partition coefficient (Wildman–Crippen LogP) is 4.33. The third-order valence-electron chi connectivity index (χ3n) is 3.86. The second-order valence-corrected chi connectivity index (χ2v) is 5.99. The fraction of sp³-hybridized carbons (Fsp3) is 0.350. The molecule has 0 unspecified atom stereocenters. The lowest BCUT2D eigenvalue weighted by Crippen LogP contribution is -2.31. The Balaban J connectivity index is 1.96. The first-order valence-electron chi connectivity index (χ1n) is 8.40. The molecule has 4 heteroatoms. The van der Waals surface area contributed by atoms with E-state index in [9.17, 15) is 4.79 Å². The van der Waals surface area contributed by atoms with Gasteiger partial charge in [0.1, 0.15) is 5.75 Å². The molecule has 0 spiro atoms. The number of nitrogens with one attached hydrogen (secondary N) is 1. The van der Waals surface area contributed by atoms with E-state index in [0.717, 1.165) is 17.9 Å². The van der Waals surface area contributed by atoms with Gasteiger partial charge in [-0.1, -0.05) is 18.2 Å². The van der Waals surface area contributed by atoms with E-state index in [2.05, 4.69) is 31.0 Å². The van der Waals surface area contributed by atoms with Crippen molar-refractivity contribution in [2.45, 2.75) is 39.8 Å². The number of ether oxygens (including phenoxy) is 1. The summed E-state index contributed by atoms with van der Waals surface area (Å²) in [6, 6.07) is 17.7. The minimum absolute atomic E-state index is 0.164. The maximum atomic E-state index is 12.3. The first-order chi connectivity index (χ1) is 11.5. The van der Waals surface area contributed by atoms with Crippen LogP contribution in [0.5, 0.6) is 5.75 Å². The fourth-order valence-electron chi connectivity index (χ4n) is 2.58. The van der Waals surface area contributed by atoms with Crippen molar-refractivity contribution in [2.24, 2.45) is 0 Å². The summed E-state index contributed by atoms with van der Waals surface area (Å²) < 4.78 is 5.64. The number of benzene rings is 2. The van der Waals surface area contributed by atoms with Gasteiger partial charge in [-0.3, -0.25) is 4.79 Å². The Morgan fingerprint density at radius 2 is 1.67 bits per heavy atom. The number of rotatable bonds is 7. The highest BCUT2D eigenvalue weighted by molar-refractivity contribution is 5.94. The molecular weight excluding hydrogens is 300 g/mol. The molecule has 0 saturated carbocycles. The standard InChI is InChI=1S/C20H26N2O2/c1-5-22(15(2)3)18-13-11-17(12-14-18)21-20(23)16(4)24-19-9-7-6-8-10-19/h6-16H,5H2,1-4H3,(H,21,23)/t16-/m0/s1. The zero-order chi connectivity index (χ0) is 17.5. The van der Waals surface area contributed by atoms with Crippen molar-refractivity contribution in [3.63, 3.8) is 0 Å². The Morgan fingerprint density at radius 3 is 2.21 bits per heavy atom. The summed E-state index contributed by atoms with van der Waals surface area (Å²) in [5.74, 6) is 0.522. The maximum Gasteiger partial charge on any atom is 0.265 e. The molecule has 24 heavy (non-hydrogen) atoms. The Labute approximate surface area is 144 Å². The molecule has 0 radical (unpaired) electrons. The van der Waals surface area contributed by atoms with E-state index in [1.54, 1.807) is 6.92 Å². The molecule has 2 aromatic rings. The Morgan fingerprint density at radius 1 is 1.04 bits per heavy atom. The fourth-order valence-corrected chi connectivity index (χ4v) is 2.58. The number of carbonyl (C=O) groups is 1. The van der Waals surface area contributed by atoms with Crippen LogP contribution < -0.4 is 15.0 Å². The smallest absolute Gasteiger partial charge is 0.265 e. The van der Waals surface area contributed by atoms with E-state index in [4.69, 9.17) is 4.74 Å². The summed E-state index contributed by atoms with van der Waals surface area (Å²) in [4.78, 5) is 14.6. The molecule has 0 fully saturated rings. The average Bonchev–Trinajstić information content (AvgIpc) is 2.57. The topological polar surface area (TPSA) is 41.6 Å². The lowest BCUT2D eigenvalue weighted by molar-refractivity contribution is -0.122. The van der Waals surface area contributed by atoms with E-state index < -0.39 is 6.10 Å². The van der Waals surface area contributed by atoms with E-state index in [-0.39, 0.29) is 5.91 Å². The van der Waals surface area contributed by atoms with Gasteiger partial charge in [0.2, 0.25) is 0 Å². The van der Waals surface area contributed by atoms with Gasteiger partial charge in [0, 0.05) is 24.0 Å². The summed E-state index contributed by atoms with van der Waals surface area (Å²) in [5, 5.41) is 2.89. The number of hydrogen-bond acceptors (Lipinski definition) is 3. The van der Waals surface area contributed by atoms with Crippen molar-refractivity contribution in [2.75, 3.05) is 16.8 Å². The van der Waals surface area contributed by atoms with E-state index in [0.29, 0.717) is 11.8 Å². The quantitative estimate of drug-likeness (QED) is 0.823. The average molecular weight is 326 g/mol. The molecule has 128 valence electrons. The summed E-state index contributed by atoms with van der Waals surface area (Å²) in [5.41, 5.74) is 1.92. The number of hydrogen-bond donors (Lipinski definition) is 1. The molecule has 2 rings (SSSR count). The Kier molecular flexibility index (Phi) is 6.24. The van der Waals surface area contributed by atoms with Gasteiger partial charge in [-0.25, -0.2) is 0 Å². The summed E-state index contributed by atoms with van der Waals surface area (Å²) in [6.45, 7) is 9.17. The van der Waals surface area contributed by atoms with E-state index in [1.807, 2.05) is 54.6 Å². The highest BCUT2D eigenvalue weighted by Crippen LogP contribution is 2.20. The molecule has 1 N–H and O–H groups in total. The highest BCUT2D eigenvalue weighted by Gasteiger charge is 2.15. The molecule has 2 aromatic carbocycles. The van der Waals surface area contributed by atoms with Crippen molar-refractivity contribution < 1.29 is 9.53 Å². The first-order valence-corrected chi connectivity index (χ1v) is 8.40. The molecule has 0 aliphatic heterocycles. The molecule has 1 amide bonds. The number of para-hydroxylation sites is 1. The van der Waals surface area contributed by atoms with Gasteiger partial charge in [0.25, 0.3) is 5.91 Å². The first kappa shape index (κ1) is 17.9. The van der Waals surface area contributed by atoms with Gasteiger partial charge in [-0.15, -0.1) is 0 Å². The van der Waals surface area contributed by atoms with Crippen molar-refractivity contribution >= 4 is 17.3 Å². The minimum atomic E-state index is -0.560. The lowest BCUT2D eigenvalue weighted by atomic mass is 10.2. The molecule has 4 nitrogen and oxygen atoms in total. The predicted molar refractivity (Wildman–Crippen MR) is 99.8 cm³/mol. The number of anilines is 2. The van der Waals surface area contributed by atoms with Gasteiger partial charge in [-0.2, -0.15) is 0 Å². The monoisotopic (exact) mass is 326 g/mol. The zero-order valence-corrected chi connectivity index (χ0v) is 14.8. The lowest BCUT2D eigenvalue weighted by Gasteiger charge is -2.27. The van der Waals surface area contributed by atoms with E-state index >= 15 is 0 Å². The summed E-state index contributed by atoms with van der Waals surface area (Å²) >= 11 is 0. The van der Waals surface area contributed by atoms with Crippen molar-refractivity contribution in [3.05, 3.63) is 54.6 Å². The Bertz CT molecular complexity index is 638. The summed E-state index contributed by atoms with van der Waals surface area (Å²) in [6.07, 6.45) is -0.560. The van der Waals surface area contributed by atoms with Crippen LogP contribution in [0.25, 0.3) is 0 Å². The third-order valence-corrected chi connectivity index (χ3v) is 3.86. The van der Waals surface area contributed by atoms with Crippen LogP contribution >= 0.6 is 0 Å². The van der Waals surface area contributed by atoms with Crippen molar-refractivity contribution in [1.82, 2.24) is 0 Å². The van der Waals surface area contributed by atoms with Gasteiger partial charge < -0.3 is 15.0 Å². The molecule has 0 aliphatic rings. The van der Waals surface area contributed by atoms with Crippen LogP contribution in [-0.2, 0) is 4.79 Å². The van der Waals surface area contributed by atoms with Gasteiger partial charge in [0.05, 0.1) is 0 Å². The number of carbonyl (C=O) groups excluding carboxylic acids is 1. The van der Waals surface area contributed by atoms with Gasteiger partial charge >= 0.3 is 0 Å². The number of nitrogens with zero attached hydrogens (tertiary/aromatic N) is 1. The van der Waals surface area contributed by atoms with E-state index in [1.165, 1.54) is 0 Å². The molecular formula is C20H26N2O2. The number of amides is 1. The summed E-state index contributed by atoms with van der Waals surface area (Å²) in [7, 11) is 0. The van der Waals surface area contributed by atoms with Crippen LogP contribution in [0.1, 0.15) is 27.7 Å². The van der Waals surface area contributed by atoms with Crippen LogP contribution in [0.15, 0.2) is 54.6 Å². The highest BCUT2D eigenvalue weighted by atomic mass is 16.5. The normalized spacial score (nSPS) is 11.9. The van der Waals surface area contributed by atoms with Crippen molar-refractivity contribution in [3.8, 4) is 5.75 Å². The van der Waals surface area contributed by atoms with Crippen LogP contribution in [0.3, 0.4) is 0 Å². The molecule has 1 atom stereocenters. The third kappa shape index (κ3) is 4.75. The SMILES string of the molecule is CCN(c1ccc(NC(=O)[C@H](C)Oc2ccccc2)cc1)C(C)C. The van der Waals surface area contributed by atoms with Crippen LogP contribution in [0, 0.1) is 0 Å². The molecule has 0 aliphatic carbocycles.